The van der Waals surface area contributed by atoms with E-state index >= 15 is 0 Å². The van der Waals surface area contributed by atoms with Crippen LogP contribution in [0.25, 0.3) is 0 Å². The average Bonchev–Trinajstić information content (AvgIpc) is 2.54. The van der Waals surface area contributed by atoms with Gasteiger partial charge in [0.1, 0.15) is 17.4 Å². The lowest BCUT2D eigenvalue weighted by Crippen LogP contribution is -2.39. The highest BCUT2D eigenvalue weighted by atomic mass is 19.1. The van der Waals surface area contributed by atoms with Crippen LogP contribution in [0.3, 0.4) is 0 Å². The number of carbonyl (C=O) groups is 2. The summed E-state index contributed by atoms with van der Waals surface area (Å²) in [5.74, 6) is -4.25. The number of hydrogen-bond donors (Lipinski definition) is 0. The summed E-state index contributed by atoms with van der Waals surface area (Å²) in [4.78, 5) is 29.5. The van der Waals surface area contributed by atoms with Gasteiger partial charge < -0.3 is 4.74 Å². The Morgan fingerprint density at radius 2 is 1.92 bits per heavy atom. The fourth-order valence-electron chi connectivity index (χ4n) is 3.71. The molecule has 1 fully saturated rings. The largest absolute Gasteiger partial charge is 0.463 e. The number of rotatable bonds is 3. The van der Waals surface area contributed by atoms with Crippen molar-refractivity contribution >= 4 is 17.5 Å². The van der Waals surface area contributed by atoms with E-state index in [1.54, 1.807) is 13.8 Å². The first-order chi connectivity index (χ1) is 12.0. The van der Waals surface area contributed by atoms with Crippen molar-refractivity contribution in [2.24, 2.45) is 10.9 Å². The molecule has 25 heavy (non-hydrogen) atoms. The zero-order chi connectivity index (χ0) is 18.1. The highest BCUT2D eigenvalue weighted by Crippen LogP contribution is 2.44. The molecule has 0 saturated heterocycles. The van der Waals surface area contributed by atoms with E-state index in [0.29, 0.717) is 30.7 Å². The Hall–Kier alpha value is -2.37. The molecule has 0 radical (unpaired) electrons. The number of aliphatic imine (C=N–C) groups is 1. The molecule has 6 heteroatoms. The molecule has 0 amide bonds. The quantitative estimate of drug-likeness (QED) is 0.783. The Morgan fingerprint density at radius 1 is 1.24 bits per heavy atom. The Bertz CT molecular complexity index is 778. The molecule has 3 rings (SSSR count). The van der Waals surface area contributed by atoms with Gasteiger partial charge >= 0.3 is 5.97 Å². The van der Waals surface area contributed by atoms with Gasteiger partial charge in [-0.2, -0.15) is 0 Å². The van der Waals surface area contributed by atoms with Gasteiger partial charge in [-0.05, 0) is 38.8 Å². The molecule has 1 saturated carbocycles. The highest BCUT2D eigenvalue weighted by Gasteiger charge is 2.45. The molecular formula is C19H19F2NO3. The Kier molecular flexibility index (Phi) is 4.79. The van der Waals surface area contributed by atoms with Crippen LogP contribution < -0.4 is 0 Å². The topological polar surface area (TPSA) is 55.7 Å². The Labute approximate surface area is 144 Å². The number of fused-ring (bicyclic) bond motifs is 1. The minimum absolute atomic E-state index is 0.0647. The number of hydrogen-bond acceptors (Lipinski definition) is 4. The monoisotopic (exact) mass is 347 g/mol. The van der Waals surface area contributed by atoms with Gasteiger partial charge in [0.25, 0.3) is 0 Å². The van der Waals surface area contributed by atoms with Crippen LogP contribution in [-0.4, -0.2) is 24.1 Å². The molecule has 1 aliphatic carbocycles. The summed E-state index contributed by atoms with van der Waals surface area (Å²) in [5.41, 5.74) is 0.744. The lowest BCUT2D eigenvalue weighted by atomic mass is 9.69. The molecule has 0 bridgehead atoms. The fraction of sp³-hybridized carbons (Fsp3) is 0.421. The van der Waals surface area contributed by atoms with Crippen molar-refractivity contribution in [3.8, 4) is 0 Å². The van der Waals surface area contributed by atoms with Gasteiger partial charge in [0.15, 0.2) is 0 Å². The molecule has 2 atom stereocenters. The average molecular weight is 347 g/mol. The third-order valence-corrected chi connectivity index (χ3v) is 4.71. The fourth-order valence-corrected chi connectivity index (χ4v) is 3.71. The van der Waals surface area contributed by atoms with Crippen LogP contribution in [0.4, 0.5) is 8.78 Å². The number of halogens is 2. The smallest absolute Gasteiger partial charge is 0.336 e. The number of carbonyl (C=O) groups excluding carboxylic acids is 2. The molecular weight excluding hydrogens is 328 g/mol. The van der Waals surface area contributed by atoms with Gasteiger partial charge in [-0.15, -0.1) is 0 Å². The van der Waals surface area contributed by atoms with E-state index < -0.39 is 29.4 Å². The van der Waals surface area contributed by atoms with E-state index in [2.05, 4.69) is 4.99 Å². The van der Waals surface area contributed by atoms with Crippen molar-refractivity contribution in [2.75, 3.05) is 6.61 Å². The van der Waals surface area contributed by atoms with Gasteiger partial charge in [-0.1, -0.05) is 6.07 Å². The summed E-state index contributed by atoms with van der Waals surface area (Å²) in [7, 11) is 0. The normalized spacial score (nSPS) is 23.2. The predicted molar refractivity (Wildman–Crippen MR) is 88.2 cm³/mol. The van der Waals surface area contributed by atoms with Crippen LogP contribution in [0.5, 0.6) is 0 Å². The summed E-state index contributed by atoms with van der Waals surface area (Å²) in [5, 5.41) is 0. The minimum Gasteiger partial charge on any atom is -0.463 e. The lowest BCUT2D eigenvalue weighted by molar-refractivity contribution is -0.139. The zero-order valence-corrected chi connectivity index (χ0v) is 14.1. The predicted octanol–water partition coefficient (Wildman–Crippen LogP) is 3.71. The van der Waals surface area contributed by atoms with Crippen LogP contribution in [0, 0.1) is 17.6 Å². The van der Waals surface area contributed by atoms with Crippen LogP contribution in [0.2, 0.25) is 0 Å². The van der Waals surface area contributed by atoms with Crippen LogP contribution in [0.15, 0.2) is 34.5 Å². The van der Waals surface area contributed by atoms with Crippen LogP contribution in [0.1, 0.15) is 44.6 Å². The SMILES string of the molecule is CCOC(=O)C1=C(C)N=C2CCCC(=O)[C@@H]2[C@H]1c1c(F)cccc1F. The maximum atomic E-state index is 14.5. The molecule has 132 valence electrons. The Balaban J connectivity index is 2.23. The Morgan fingerprint density at radius 3 is 2.56 bits per heavy atom. The van der Waals surface area contributed by atoms with Crippen LogP contribution in [-0.2, 0) is 14.3 Å². The number of allylic oxidation sites excluding steroid dienone is 1. The first-order valence-electron chi connectivity index (χ1n) is 8.37. The van der Waals surface area contributed by atoms with E-state index in [0.717, 1.165) is 12.1 Å². The van der Waals surface area contributed by atoms with Crippen LogP contribution >= 0.6 is 0 Å². The molecule has 0 spiro atoms. The third kappa shape index (κ3) is 3.01. The van der Waals surface area contributed by atoms with Crippen molar-refractivity contribution in [3.05, 3.63) is 46.7 Å². The number of nitrogens with zero attached hydrogens (tertiary/aromatic N) is 1. The second-order valence-electron chi connectivity index (χ2n) is 6.23. The molecule has 1 aromatic carbocycles. The number of ether oxygens (including phenoxy) is 1. The summed E-state index contributed by atoms with van der Waals surface area (Å²) in [6.45, 7) is 3.38. The van der Waals surface area contributed by atoms with Crippen molar-refractivity contribution in [1.29, 1.82) is 0 Å². The first kappa shape index (κ1) is 17.5. The number of Topliss-reactive ketones (excluding diaryl/α,β-unsaturated/α-hetero) is 1. The number of benzene rings is 1. The summed E-state index contributed by atoms with van der Waals surface area (Å²) < 4.78 is 34.1. The maximum absolute atomic E-state index is 14.5. The molecule has 2 aliphatic rings. The minimum atomic E-state index is -1.04. The summed E-state index contributed by atoms with van der Waals surface area (Å²) >= 11 is 0. The van der Waals surface area contributed by atoms with Gasteiger partial charge in [0, 0.05) is 29.3 Å². The van der Waals surface area contributed by atoms with Crippen molar-refractivity contribution in [1.82, 2.24) is 0 Å². The second-order valence-corrected chi connectivity index (χ2v) is 6.23. The van der Waals surface area contributed by atoms with Crippen molar-refractivity contribution < 1.29 is 23.1 Å². The summed E-state index contributed by atoms with van der Waals surface area (Å²) in [6.07, 6.45) is 1.55. The molecule has 1 heterocycles. The third-order valence-electron chi connectivity index (χ3n) is 4.71. The molecule has 0 unspecified atom stereocenters. The van der Waals surface area contributed by atoms with E-state index in [1.165, 1.54) is 6.07 Å². The summed E-state index contributed by atoms with van der Waals surface area (Å²) in [6, 6.07) is 3.53. The molecule has 4 nitrogen and oxygen atoms in total. The molecule has 1 aliphatic heterocycles. The molecule has 0 aromatic heterocycles. The lowest BCUT2D eigenvalue weighted by Gasteiger charge is -2.35. The van der Waals surface area contributed by atoms with E-state index in [1.807, 2.05) is 0 Å². The molecule has 1 aromatic rings. The van der Waals surface area contributed by atoms with Gasteiger partial charge in [-0.25, -0.2) is 13.6 Å². The maximum Gasteiger partial charge on any atom is 0.336 e. The van der Waals surface area contributed by atoms with Crippen molar-refractivity contribution in [2.45, 2.75) is 39.0 Å². The highest BCUT2D eigenvalue weighted by molar-refractivity contribution is 6.11. The van der Waals surface area contributed by atoms with E-state index in [4.69, 9.17) is 4.74 Å². The molecule has 0 N–H and O–H groups in total. The second kappa shape index (κ2) is 6.86. The number of ketones is 1. The first-order valence-corrected chi connectivity index (χ1v) is 8.37. The van der Waals surface area contributed by atoms with E-state index in [9.17, 15) is 18.4 Å². The zero-order valence-electron chi connectivity index (χ0n) is 14.1. The van der Waals surface area contributed by atoms with E-state index in [-0.39, 0.29) is 23.5 Å². The standard InChI is InChI=1S/C19H19F2NO3/c1-3-25-19(24)15-10(2)22-13-8-5-9-14(23)17(13)18(15)16-11(20)6-4-7-12(16)21/h4,6-7,17-18H,3,5,8-9H2,1-2H3/t17-,18-/m1/s1. The van der Waals surface area contributed by atoms with Gasteiger partial charge in [-0.3, -0.25) is 9.79 Å². The van der Waals surface area contributed by atoms with Gasteiger partial charge in [0.05, 0.1) is 18.1 Å². The number of esters is 1. The van der Waals surface area contributed by atoms with Gasteiger partial charge in [0.2, 0.25) is 0 Å². The van der Waals surface area contributed by atoms with Crippen molar-refractivity contribution in [3.63, 3.8) is 0 Å².